The van der Waals surface area contributed by atoms with E-state index in [1.807, 2.05) is 122 Å². The van der Waals surface area contributed by atoms with Gasteiger partial charge >= 0.3 is 17.9 Å². The lowest BCUT2D eigenvalue weighted by atomic mass is 10.1. The lowest BCUT2D eigenvalue weighted by molar-refractivity contribution is -0.132. The highest BCUT2D eigenvalue weighted by molar-refractivity contribution is 5.97. The van der Waals surface area contributed by atoms with Crippen LogP contribution in [0.3, 0.4) is 0 Å². The summed E-state index contributed by atoms with van der Waals surface area (Å²) in [6.07, 6.45) is 10.1. The van der Waals surface area contributed by atoms with E-state index in [0.717, 1.165) is 37.0 Å². The molecule has 25 heteroatoms. The SMILES string of the molecule is CCn1nc(C(=O)OCC(=O)N(C)C)cc(Nc2cncc3ccccc23)c1=O.CCn1nc(C(=O)OCCN(C)C)cc(Nc2cncc3ccccc23)c1=O.CCn1nc(C(=O)OCCOc2ccccc2)cc(Nc2cncc3ccccc23)c1=O. The van der Waals surface area contributed by atoms with E-state index in [9.17, 15) is 33.6 Å². The van der Waals surface area contributed by atoms with E-state index in [1.54, 1.807) is 72.0 Å². The first kappa shape index (κ1) is 63.8. The third kappa shape index (κ3) is 16.8. The summed E-state index contributed by atoms with van der Waals surface area (Å²) in [4.78, 5) is 103. The predicted octanol–water partition coefficient (Wildman–Crippen LogP) is 7.86. The zero-order valence-corrected chi connectivity index (χ0v) is 50.1. The Morgan fingerprint density at radius 1 is 0.438 bits per heavy atom. The highest BCUT2D eigenvalue weighted by atomic mass is 16.6. The number of aromatic nitrogens is 9. The lowest BCUT2D eigenvalue weighted by Crippen LogP contribution is -2.30. The molecular weight excluding hydrogens is 1140 g/mol. The van der Waals surface area contributed by atoms with Crippen LogP contribution in [0.1, 0.15) is 52.2 Å². The number of likely N-dealkylation sites (N-methyl/N-ethyl adjacent to an activating group) is 2. The number of ether oxygens (including phenoxy) is 4. The molecule has 0 aliphatic carbocycles. The number of fused-ring (bicyclic) bond motifs is 3. The van der Waals surface area contributed by atoms with Crippen LogP contribution in [0.15, 0.2) is 173 Å². The van der Waals surface area contributed by atoms with Crippen molar-refractivity contribution in [1.82, 2.24) is 54.1 Å². The van der Waals surface area contributed by atoms with Crippen molar-refractivity contribution in [3.8, 4) is 5.75 Å². The van der Waals surface area contributed by atoms with E-state index in [2.05, 4.69) is 46.2 Å². The number of nitrogens with zero attached hydrogens (tertiary/aromatic N) is 11. The van der Waals surface area contributed by atoms with Crippen LogP contribution in [-0.4, -0.2) is 139 Å². The van der Waals surface area contributed by atoms with Crippen LogP contribution in [0, 0.1) is 0 Å². The van der Waals surface area contributed by atoms with Gasteiger partial charge in [0.15, 0.2) is 23.7 Å². The van der Waals surface area contributed by atoms with Crippen LogP contribution in [0.2, 0.25) is 0 Å². The molecule has 0 aliphatic heterocycles. The van der Waals surface area contributed by atoms with Gasteiger partial charge in [0.2, 0.25) is 0 Å². The Hall–Kier alpha value is -11.2. The van der Waals surface area contributed by atoms with E-state index in [1.165, 1.54) is 32.5 Å². The van der Waals surface area contributed by atoms with Gasteiger partial charge in [-0.3, -0.25) is 34.1 Å². The number of hydrogen-bond acceptors (Lipinski definition) is 21. The van der Waals surface area contributed by atoms with Crippen molar-refractivity contribution in [1.29, 1.82) is 0 Å². The van der Waals surface area contributed by atoms with Crippen LogP contribution in [0.4, 0.5) is 34.1 Å². The second-order valence-corrected chi connectivity index (χ2v) is 19.9. The molecule has 0 radical (unpaired) electrons. The van der Waals surface area contributed by atoms with Crippen LogP contribution >= 0.6 is 0 Å². The van der Waals surface area contributed by atoms with Crippen molar-refractivity contribution >= 4 is 90.3 Å². The van der Waals surface area contributed by atoms with Crippen molar-refractivity contribution in [2.75, 3.05) is 77.1 Å². The van der Waals surface area contributed by atoms with Gasteiger partial charge in [-0.05, 0) is 47.0 Å². The monoisotopic (exact) mass is 1210 g/mol. The second kappa shape index (κ2) is 30.7. The fourth-order valence-corrected chi connectivity index (χ4v) is 8.53. The van der Waals surface area contributed by atoms with Crippen molar-refractivity contribution in [2.24, 2.45) is 0 Å². The average Bonchev–Trinajstić information content (AvgIpc) is 1.66. The topological polar surface area (TPSA) is 291 Å². The quantitative estimate of drug-likeness (QED) is 0.0350. The molecule has 89 heavy (non-hydrogen) atoms. The summed E-state index contributed by atoms with van der Waals surface area (Å²) in [6, 6.07) is 36.4. The predicted molar refractivity (Wildman–Crippen MR) is 338 cm³/mol. The molecule has 6 heterocycles. The Morgan fingerprint density at radius 2 is 0.798 bits per heavy atom. The van der Waals surface area contributed by atoms with Gasteiger partial charge in [-0.1, -0.05) is 91.0 Å². The van der Waals surface area contributed by atoms with Gasteiger partial charge in [0.1, 0.15) is 42.6 Å². The van der Waals surface area contributed by atoms with Gasteiger partial charge in [-0.2, -0.15) is 15.3 Å². The Bertz CT molecular complexity index is 4310. The summed E-state index contributed by atoms with van der Waals surface area (Å²) in [5, 5.41) is 27.0. The van der Waals surface area contributed by atoms with Gasteiger partial charge in [-0.15, -0.1) is 0 Å². The van der Waals surface area contributed by atoms with Gasteiger partial charge < -0.3 is 44.7 Å². The zero-order valence-electron chi connectivity index (χ0n) is 50.1. The minimum absolute atomic E-state index is 0.0295. The molecule has 10 aromatic rings. The molecule has 0 saturated heterocycles. The number of pyridine rings is 3. The van der Waals surface area contributed by atoms with Crippen LogP contribution in [0.25, 0.3) is 32.3 Å². The summed E-state index contributed by atoms with van der Waals surface area (Å²) in [7, 11) is 6.91. The van der Waals surface area contributed by atoms with E-state index >= 15 is 0 Å². The van der Waals surface area contributed by atoms with Crippen molar-refractivity contribution in [2.45, 2.75) is 40.4 Å². The smallest absolute Gasteiger partial charge is 0.359 e. The van der Waals surface area contributed by atoms with E-state index in [0.29, 0.717) is 42.4 Å². The number of hydrogen-bond donors (Lipinski definition) is 3. The number of rotatable bonds is 21. The molecule has 10 rings (SSSR count). The Labute approximate surface area is 510 Å². The standard InChI is InChI=1S/C24H22N4O4.C20H21N5O4.C20H23N5O3/c1-2-28-23(29)20(26-22-16-25-15-17-8-6-7-11-19(17)22)14-21(27-28)24(30)32-13-12-31-18-9-4-3-5-10-18;1-4-25-19(27)15(9-16(23-25)20(28)29-12-18(26)24(2)3)22-17-11-21-10-13-7-5-6-8-14(13)17;1-4-25-19(26)16(11-17(23-25)20(27)28-10-9-24(2)3)22-18-13-21-12-14-7-5-6-8-15(14)18/h3-11,14-16,26H,2,12-13H2,1H3;5-11,22H,4,12H2,1-3H3;5-8,11-13,22H,4,9-10H2,1-3H3. The molecule has 25 nitrogen and oxygen atoms in total. The Morgan fingerprint density at radius 3 is 1.17 bits per heavy atom. The average molecular weight is 1210 g/mol. The van der Waals surface area contributed by atoms with Crippen LogP contribution < -0.4 is 37.4 Å². The van der Waals surface area contributed by atoms with Gasteiger partial charge in [0.25, 0.3) is 22.6 Å². The zero-order chi connectivity index (χ0) is 63.4. The first-order valence-electron chi connectivity index (χ1n) is 28.2. The Balaban J connectivity index is 0.000000173. The lowest BCUT2D eigenvalue weighted by Gasteiger charge is -2.13. The summed E-state index contributed by atoms with van der Waals surface area (Å²) >= 11 is 0. The summed E-state index contributed by atoms with van der Waals surface area (Å²) in [5.74, 6) is -1.66. The number of anilines is 6. The van der Waals surface area contributed by atoms with Gasteiger partial charge in [0, 0.05) is 109 Å². The molecule has 0 unspecified atom stereocenters. The molecule has 0 aliphatic rings. The minimum atomic E-state index is -0.790. The van der Waals surface area contributed by atoms with E-state index in [4.69, 9.17) is 18.9 Å². The van der Waals surface area contributed by atoms with Crippen molar-refractivity contribution in [3.05, 3.63) is 207 Å². The minimum Gasteiger partial charge on any atom is -0.490 e. The van der Waals surface area contributed by atoms with E-state index < -0.39 is 24.5 Å². The van der Waals surface area contributed by atoms with Crippen LogP contribution in [0.5, 0.6) is 5.75 Å². The number of nitrogens with one attached hydrogen (secondary N) is 3. The maximum atomic E-state index is 12.8. The molecule has 3 N–H and O–H groups in total. The van der Waals surface area contributed by atoms with Crippen molar-refractivity contribution in [3.63, 3.8) is 0 Å². The van der Waals surface area contributed by atoms with E-state index in [-0.39, 0.29) is 83.1 Å². The number of carbonyl (C=O) groups is 4. The van der Waals surface area contributed by atoms with Gasteiger partial charge in [0.05, 0.1) is 35.7 Å². The number of amides is 1. The molecule has 0 spiro atoms. The maximum Gasteiger partial charge on any atom is 0.359 e. The molecule has 458 valence electrons. The molecule has 4 aromatic carbocycles. The summed E-state index contributed by atoms with van der Waals surface area (Å²) < 4.78 is 24.7. The number of carbonyl (C=O) groups excluding carboxylic acids is 4. The highest BCUT2D eigenvalue weighted by Gasteiger charge is 2.20. The molecule has 1 amide bonds. The number of aryl methyl sites for hydroxylation is 3. The fourth-order valence-electron chi connectivity index (χ4n) is 8.53. The van der Waals surface area contributed by atoms with Crippen LogP contribution in [-0.2, 0) is 38.6 Å². The fraction of sp³-hybridized carbons (Fsp3) is 0.234. The normalized spacial score (nSPS) is 10.7. The highest BCUT2D eigenvalue weighted by Crippen LogP contribution is 2.27. The molecule has 0 fully saturated rings. The van der Waals surface area contributed by atoms with Gasteiger partial charge in [-0.25, -0.2) is 28.4 Å². The maximum absolute atomic E-state index is 12.8. The number of benzene rings is 4. The third-order valence-electron chi connectivity index (χ3n) is 13.2. The molecular formula is C64H66N14O11. The third-order valence-corrected chi connectivity index (χ3v) is 13.2. The second-order valence-electron chi connectivity index (χ2n) is 19.9. The molecule has 0 saturated carbocycles. The Kier molecular flexibility index (Phi) is 22.0. The number of para-hydroxylation sites is 1. The first-order chi connectivity index (χ1) is 43.0. The number of esters is 3. The summed E-state index contributed by atoms with van der Waals surface area (Å²) in [6.45, 7) is 6.91. The molecule has 0 atom stereocenters. The molecule has 0 bridgehead atoms. The molecule has 6 aromatic heterocycles. The largest absolute Gasteiger partial charge is 0.490 e. The van der Waals surface area contributed by atoms with Crippen molar-refractivity contribution < 1.29 is 38.1 Å². The first-order valence-corrected chi connectivity index (χ1v) is 28.2. The summed E-state index contributed by atoms with van der Waals surface area (Å²) in [5.41, 5.74) is 1.56.